The van der Waals surface area contributed by atoms with Crippen LogP contribution in [0.2, 0.25) is 0 Å². The fourth-order valence-electron chi connectivity index (χ4n) is 2.23. The van der Waals surface area contributed by atoms with Gasteiger partial charge in [-0.15, -0.1) is 0 Å². The molecule has 4 nitrogen and oxygen atoms in total. The fraction of sp³-hybridized carbons (Fsp3) is 0.467. The molecule has 1 saturated heterocycles. The number of carbonyl (C=O) groups is 2. The van der Waals surface area contributed by atoms with Gasteiger partial charge in [-0.3, -0.25) is 9.59 Å². The highest BCUT2D eigenvalue weighted by Gasteiger charge is 2.24. The topological polar surface area (TPSA) is 46.6 Å². The van der Waals surface area contributed by atoms with Gasteiger partial charge in [0.25, 0.3) is 5.91 Å². The molecule has 1 fully saturated rings. The van der Waals surface area contributed by atoms with Gasteiger partial charge in [-0.05, 0) is 50.5 Å². The van der Waals surface area contributed by atoms with Crippen LogP contribution in [0.15, 0.2) is 24.3 Å². The second-order valence-electron chi connectivity index (χ2n) is 4.64. The maximum Gasteiger partial charge on any atom is 0.294 e. The van der Waals surface area contributed by atoms with E-state index in [2.05, 4.69) is 0 Å². The van der Waals surface area contributed by atoms with Crippen molar-refractivity contribution in [3.8, 4) is 5.75 Å². The molecule has 0 aromatic heterocycles. The minimum Gasteiger partial charge on any atom is -0.494 e. The summed E-state index contributed by atoms with van der Waals surface area (Å²) in [5.74, 6) is -0.0988. The molecule has 0 bridgehead atoms. The Morgan fingerprint density at radius 2 is 1.74 bits per heavy atom. The van der Waals surface area contributed by atoms with Crippen LogP contribution in [0.25, 0.3) is 0 Å². The van der Waals surface area contributed by atoms with Gasteiger partial charge in [0.15, 0.2) is 0 Å². The third-order valence-corrected chi connectivity index (χ3v) is 3.27. The van der Waals surface area contributed by atoms with Gasteiger partial charge < -0.3 is 9.64 Å². The van der Waals surface area contributed by atoms with Crippen molar-refractivity contribution in [2.75, 3.05) is 19.7 Å². The van der Waals surface area contributed by atoms with E-state index < -0.39 is 5.78 Å². The van der Waals surface area contributed by atoms with Crippen molar-refractivity contribution in [1.29, 1.82) is 0 Å². The number of likely N-dealkylation sites (tertiary alicyclic amines) is 1. The number of benzene rings is 1. The van der Waals surface area contributed by atoms with E-state index in [1.54, 1.807) is 29.2 Å². The van der Waals surface area contributed by atoms with Gasteiger partial charge in [-0.25, -0.2) is 0 Å². The Morgan fingerprint density at radius 3 is 2.32 bits per heavy atom. The van der Waals surface area contributed by atoms with Crippen LogP contribution in [0, 0.1) is 0 Å². The van der Waals surface area contributed by atoms with Gasteiger partial charge in [0, 0.05) is 18.7 Å². The quantitative estimate of drug-likeness (QED) is 0.617. The third-order valence-electron chi connectivity index (χ3n) is 3.27. The first-order valence-corrected chi connectivity index (χ1v) is 6.79. The molecule has 4 heteroatoms. The first kappa shape index (κ1) is 13.6. The maximum absolute atomic E-state index is 12.1. The van der Waals surface area contributed by atoms with Crippen LogP contribution in [-0.2, 0) is 4.79 Å². The zero-order valence-corrected chi connectivity index (χ0v) is 11.2. The van der Waals surface area contributed by atoms with Crippen molar-refractivity contribution in [2.45, 2.75) is 26.2 Å². The predicted octanol–water partition coefficient (Wildman–Crippen LogP) is 2.28. The molecule has 1 heterocycles. The second kappa shape index (κ2) is 6.36. The van der Waals surface area contributed by atoms with Gasteiger partial charge in [0.2, 0.25) is 5.78 Å². The van der Waals surface area contributed by atoms with Gasteiger partial charge in [-0.1, -0.05) is 0 Å². The van der Waals surface area contributed by atoms with E-state index in [0.29, 0.717) is 31.0 Å². The molecule has 0 unspecified atom stereocenters. The average Bonchev–Trinajstić information content (AvgIpc) is 2.48. The molecular weight excluding hydrogens is 242 g/mol. The molecule has 102 valence electrons. The third kappa shape index (κ3) is 3.34. The van der Waals surface area contributed by atoms with Crippen molar-refractivity contribution in [3.05, 3.63) is 29.8 Å². The molecule has 0 saturated carbocycles. The highest BCUT2D eigenvalue weighted by Crippen LogP contribution is 2.15. The number of rotatable bonds is 4. The number of nitrogens with zero attached hydrogens (tertiary/aromatic N) is 1. The largest absolute Gasteiger partial charge is 0.494 e. The SMILES string of the molecule is CCOc1ccc(C(=O)C(=O)N2CCCCC2)cc1. The number of ketones is 1. The van der Waals surface area contributed by atoms with E-state index in [9.17, 15) is 9.59 Å². The summed E-state index contributed by atoms with van der Waals surface area (Å²) in [6.45, 7) is 3.88. The van der Waals surface area contributed by atoms with E-state index in [1.165, 1.54) is 0 Å². The lowest BCUT2D eigenvalue weighted by molar-refractivity contribution is -0.127. The summed E-state index contributed by atoms with van der Waals surface area (Å²) in [6, 6.07) is 6.74. The van der Waals surface area contributed by atoms with E-state index in [0.717, 1.165) is 19.3 Å². The molecule has 1 aromatic carbocycles. The predicted molar refractivity (Wildman–Crippen MR) is 72.4 cm³/mol. The van der Waals surface area contributed by atoms with Gasteiger partial charge >= 0.3 is 0 Å². The number of amides is 1. The van der Waals surface area contributed by atoms with E-state index >= 15 is 0 Å². The molecule has 0 spiro atoms. The summed E-state index contributed by atoms with van der Waals surface area (Å²) < 4.78 is 5.31. The summed E-state index contributed by atoms with van der Waals surface area (Å²) in [5, 5.41) is 0. The van der Waals surface area contributed by atoms with Gasteiger partial charge in [0.05, 0.1) is 6.61 Å². The first-order chi connectivity index (χ1) is 9.22. The van der Waals surface area contributed by atoms with E-state index in [1.807, 2.05) is 6.92 Å². The minimum absolute atomic E-state index is 0.385. The lowest BCUT2D eigenvalue weighted by Gasteiger charge is -2.25. The molecule has 0 atom stereocenters. The monoisotopic (exact) mass is 261 g/mol. The Bertz CT molecular complexity index is 447. The van der Waals surface area contributed by atoms with E-state index in [4.69, 9.17) is 4.74 Å². The molecular formula is C15H19NO3. The molecule has 1 amide bonds. The summed E-state index contributed by atoms with van der Waals surface area (Å²) in [4.78, 5) is 25.8. The Hall–Kier alpha value is -1.84. The number of Topliss-reactive ketones (excluding diaryl/α,β-unsaturated/α-hetero) is 1. The maximum atomic E-state index is 12.1. The van der Waals surface area contributed by atoms with Crippen molar-refractivity contribution in [1.82, 2.24) is 4.90 Å². The molecule has 0 N–H and O–H groups in total. The number of carbonyl (C=O) groups excluding carboxylic acids is 2. The van der Waals surface area contributed by atoms with Crippen molar-refractivity contribution in [2.24, 2.45) is 0 Å². The van der Waals surface area contributed by atoms with Crippen LogP contribution >= 0.6 is 0 Å². The number of piperidine rings is 1. The van der Waals surface area contributed by atoms with Crippen molar-refractivity contribution < 1.29 is 14.3 Å². The lowest BCUT2D eigenvalue weighted by atomic mass is 10.1. The summed E-state index contributed by atoms with van der Waals surface area (Å²) in [7, 11) is 0. The number of ether oxygens (including phenoxy) is 1. The molecule has 1 aliphatic rings. The lowest BCUT2D eigenvalue weighted by Crippen LogP contribution is -2.40. The fourth-order valence-corrected chi connectivity index (χ4v) is 2.23. The van der Waals surface area contributed by atoms with Gasteiger partial charge in [-0.2, -0.15) is 0 Å². The molecule has 0 aliphatic carbocycles. The summed E-state index contributed by atoms with van der Waals surface area (Å²) >= 11 is 0. The van der Waals surface area contributed by atoms with Crippen LogP contribution in [0.4, 0.5) is 0 Å². The molecule has 19 heavy (non-hydrogen) atoms. The average molecular weight is 261 g/mol. The van der Waals surface area contributed by atoms with Crippen LogP contribution in [0.3, 0.4) is 0 Å². The zero-order valence-electron chi connectivity index (χ0n) is 11.2. The molecule has 2 rings (SSSR count). The van der Waals surface area contributed by atoms with Gasteiger partial charge in [0.1, 0.15) is 5.75 Å². The molecule has 0 radical (unpaired) electrons. The van der Waals surface area contributed by atoms with Crippen LogP contribution < -0.4 is 4.74 Å². The standard InChI is InChI=1S/C15H19NO3/c1-2-19-13-8-6-12(7-9-13)14(17)15(18)16-10-4-3-5-11-16/h6-9H,2-5,10-11H2,1H3. The molecule has 1 aromatic rings. The smallest absolute Gasteiger partial charge is 0.294 e. The first-order valence-electron chi connectivity index (χ1n) is 6.79. The van der Waals surface area contributed by atoms with Crippen LogP contribution in [0.1, 0.15) is 36.5 Å². The Balaban J connectivity index is 2.03. The second-order valence-corrected chi connectivity index (χ2v) is 4.64. The Labute approximate surface area is 113 Å². The van der Waals surface area contributed by atoms with Crippen LogP contribution in [-0.4, -0.2) is 36.3 Å². The summed E-state index contributed by atoms with van der Waals surface area (Å²) in [6.07, 6.45) is 3.12. The highest BCUT2D eigenvalue weighted by atomic mass is 16.5. The van der Waals surface area contributed by atoms with Crippen LogP contribution in [0.5, 0.6) is 5.75 Å². The Morgan fingerprint density at radius 1 is 1.11 bits per heavy atom. The molecule has 1 aliphatic heterocycles. The number of hydrogen-bond acceptors (Lipinski definition) is 3. The normalized spacial score (nSPS) is 15.1. The minimum atomic E-state index is -0.426. The van der Waals surface area contributed by atoms with E-state index in [-0.39, 0.29) is 5.91 Å². The number of hydrogen-bond donors (Lipinski definition) is 0. The van der Waals surface area contributed by atoms with Crippen molar-refractivity contribution in [3.63, 3.8) is 0 Å². The highest BCUT2D eigenvalue weighted by molar-refractivity contribution is 6.42. The van der Waals surface area contributed by atoms with Crippen molar-refractivity contribution >= 4 is 11.7 Å². The Kier molecular flexibility index (Phi) is 4.55. The summed E-state index contributed by atoms with van der Waals surface area (Å²) in [5.41, 5.74) is 0.430. The zero-order chi connectivity index (χ0) is 13.7.